The molecule has 2 aromatic carbocycles. The van der Waals surface area contributed by atoms with Gasteiger partial charge in [-0.15, -0.1) is 0 Å². The van der Waals surface area contributed by atoms with Crippen molar-refractivity contribution in [2.75, 3.05) is 7.05 Å². The highest BCUT2D eigenvalue weighted by Gasteiger charge is 2.19. The molecular weight excluding hydrogens is 406 g/mol. The second kappa shape index (κ2) is 9.22. The highest BCUT2D eigenvalue weighted by molar-refractivity contribution is 5.81. The maximum atomic E-state index is 13.0. The second-order valence-electron chi connectivity index (χ2n) is 7.33. The first kappa shape index (κ1) is 20.9. The lowest BCUT2D eigenvalue weighted by atomic mass is 10.1. The van der Waals surface area contributed by atoms with Gasteiger partial charge in [0.2, 0.25) is 5.91 Å². The van der Waals surface area contributed by atoms with E-state index in [1.165, 1.54) is 12.1 Å². The summed E-state index contributed by atoms with van der Waals surface area (Å²) in [6, 6.07) is 21.4. The molecule has 0 atom stereocenters. The molecular formula is C24H21N5O3. The number of para-hydroxylation sites is 1. The molecule has 32 heavy (non-hydrogen) atoms. The molecule has 1 amide bonds. The van der Waals surface area contributed by atoms with Crippen molar-refractivity contribution in [2.45, 2.75) is 13.0 Å². The van der Waals surface area contributed by atoms with Crippen molar-refractivity contribution < 1.29 is 9.72 Å². The highest BCUT2D eigenvalue weighted by Crippen LogP contribution is 2.26. The quantitative estimate of drug-likeness (QED) is 0.328. The van der Waals surface area contributed by atoms with E-state index in [0.717, 1.165) is 16.9 Å². The summed E-state index contributed by atoms with van der Waals surface area (Å²) >= 11 is 0. The summed E-state index contributed by atoms with van der Waals surface area (Å²) in [5.41, 5.74) is 3.73. The molecule has 0 N–H and O–H groups in total. The third kappa shape index (κ3) is 4.70. The summed E-state index contributed by atoms with van der Waals surface area (Å²) in [5.74, 6) is -0.0774. The van der Waals surface area contributed by atoms with Crippen molar-refractivity contribution in [3.05, 3.63) is 107 Å². The van der Waals surface area contributed by atoms with Gasteiger partial charge in [0, 0.05) is 42.7 Å². The molecule has 4 aromatic rings. The Labute approximate surface area is 184 Å². The first-order chi connectivity index (χ1) is 15.5. The fourth-order valence-electron chi connectivity index (χ4n) is 3.36. The molecule has 0 aliphatic heterocycles. The van der Waals surface area contributed by atoms with Gasteiger partial charge in [-0.2, -0.15) is 5.10 Å². The summed E-state index contributed by atoms with van der Waals surface area (Å²) in [7, 11) is 1.74. The fraction of sp³-hybridized carbons (Fsp3) is 0.125. The minimum atomic E-state index is -0.441. The summed E-state index contributed by atoms with van der Waals surface area (Å²) in [6.07, 6.45) is 3.67. The summed E-state index contributed by atoms with van der Waals surface area (Å²) in [4.78, 5) is 29.4. The lowest BCUT2D eigenvalue weighted by Gasteiger charge is -2.16. The zero-order valence-corrected chi connectivity index (χ0v) is 17.5. The molecule has 0 fully saturated rings. The number of pyridine rings is 1. The van der Waals surface area contributed by atoms with Crippen molar-refractivity contribution in [3.63, 3.8) is 0 Å². The highest BCUT2D eigenvalue weighted by atomic mass is 16.6. The third-order valence-electron chi connectivity index (χ3n) is 5.06. The summed E-state index contributed by atoms with van der Waals surface area (Å²) in [5, 5.41) is 15.7. The van der Waals surface area contributed by atoms with Gasteiger partial charge in [0.25, 0.3) is 5.69 Å². The van der Waals surface area contributed by atoms with Crippen LogP contribution in [0.15, 0.2) is 85.2 Å². The SMILES string of the molecule is CN(Cc1ccccn1)C(=O)Cc1cn(-c2ccccc2)nc1-c1ccc([N+](=O)[O-])cc1. The second-order valence-corrected chi connectivity index (χ2v) is 7.33. The van der Waals surface area contributed by atoms with Crippen LogP contribution in [0.1, 0.15) is 11.3 Å². The van der Waals surface area contributed by atoms with E-state index in [4.69, 9.17) is 0 Å². The van der Waals surface area contributed by atoms with Crippen LogP contribution in [0.3, 0.4) is 0 Å². The number of amides is 1. The Bertz CT molecular complexity index is 1220. The number of hydrogen-bond acceptors (Lipinski definition) is 5. The van der Waals surface area contributed by atoms with Gasteiger partial charge in [-0.05, 0) is 36.4 Å². The fourth-order valence-corrected chi connectivity index (χ4v) is 3.36. The van der Waals surface area contributed by atoms with Gasteiger partial charge < -0.3 is 4.90 Å². The Hall–Kier alpha value is -4.33. The van der Waals surface area contributed by atoms with Gasteiger partial charge in [0.05, 0.1) is 35.0 Å². The van der Waals surface area contributed by atoms with E-state index in [1.54, 1.807) is 35.0 Å². The number of carbonyl (C=O) groups excluding carboxylic acids is 1. The number of non-ortho nitro benzene ring substituents is 1. The molecule has 2 heterocycles. The van der Waals surface area contributed by atoms with Crippen molar-refractivity contribution in [3.8, 4) is 16.9 Å². The standard InChI is InChI=1S/C24H21N5O3/c1-27(17-20-7-5-6-14-25-20)23(30)15-19-16-28(21-8-3-2-4-9-21)26-24(19)18-10-12-22(13-11-18)29(31)32/h2-14,16H,15,17H2,1H3. The monoisotopic (exact) mass is 427 g/mol. The minimum absolute atomic E-state index is 0.00367. The first-order valence-electron chi connectivity index (χ1n) is 10.0. The molecule has 0 saturated heterocycles. The van der Waals surface area contributed by atoms with Crippen LogP contribution in [0.5, 0.6) is 0 Å². The lowest BCUT2D eigenvalue weighted by Crippen LogP contribution is -2.28. The molecule has 0 aliphatic carbocycles. The van der Waals surface area contributed by atoms with E-state index in [9.17, 15) is 14.9 Å². The van der Waals surface area contributed by atoms with E-state index in [-0.39, 0.29) is 18.0 Å². The molecule has 4 rings (SSSR count). The van der Waals surface area contributed by atoms with Crippen molar-refractivity contribution in [2.24, 2.45) is 0 Å². The number of nitro groups is 1. The number of carbonyl (C=O) groups is 1. The Balaban J connectivity index is 1.64. The van der Waals surface area contributed by atoms with Crippen molar-refractivity contribution in [1.82, 2.24) is 19.7 Å². The van der Waals surface area contributed by atoms with Gasteiger partial charge in [0.15, 0.2) is 0 Å². The van der Waals surface area contributed by atoms with Gasteiger partial charge >= 0.3 is 0 Å². The summed E-state index contributed by atoms with van der Waals surface area (Å²) < 4.78 is 1.72. The smallest absolute Gasteiger partial charge is 0.269 e. The Kier molecular flexibility index (Phi) is 6.03. The molecule has 0 spiro atoms. The zero-order valence-electron chi connectivity index (χ0n) is 17.5. The van der Waals surface area contributed by atoms with Crippen LogP contribution < -0.4 is 0 Å². The molecule has 0 unspecified atom stereocenters. The van der Waals surface area contributed by atoms with E-state index in [0.29, 0.717) is 17.8 Å². The predicted molar refractivity (Wildman–Crippen MR) is 120 cm³/mol. The van der Waals surface area contributed by atoms with Crippen LogP contribution in [0.2, 0.25) is 0 Å². The molecule has 0 aliphatic rings. The lowest BCUT2D eigenvalue weighted by molar-refractivity contribution is -0.384. The van der Waals surface area contributed by atoms with Crippen LogP contribution in [0.25, 0.3) is 16.9 Å². The maximum absolute atomic E-state index is 13.0. The average Bonchev–Trinajstić information content (AvgIpc) is 3.24. The average molecular weight is 427 g/mol. The minimum Gasteiger partial charge on any atom is -0.340 e. The molecule has 0 bridgehead atoms. The predicted octanol–water partition coefficient (Wildman–Crippen LogP) is 4.04. The first-order valence-corrected chi connectivity index (χ1v) is 10.0. The number of rotatable bonds is 7. The van der Waals surface area contributed by atoms with Gasteiger partial charge in [-0.1, -0.05) is 24.3 Å². The van der Waals surface area contributed by atoms with Gasteiger partial charge in [-0.25, -0.2) is 4.68 Å². The maximum Gasteiger partial charge on any atom is 0.269 e. The summed E-state index contributed by atoms with van der Waals surface area (Å²) in [6.45, 7) is 0.402. The Morgan fingerprint density at radius 1 is 1.03 bits per heavy atom. The van der Waals surface area contributed by atoms with Crippen LogP contribution in [0, 0.1) is 10.1 Å². The number of likely N-dealkylation sites (N-methyl/N-ethyl adjacent to an activating group) is 1. The van der Waals surface area contributed by atoms with E-state index in [1.807, 2.05) is 54.7 Å². The zero-order chi connectivity index (χ0) is 22.5. The number of nitro benzene ring substituents is 1. The Morgan fingerprint density at radius 2 is 1.75 bits per heavy atom. The molecule has 0 saturated carbocycles. The van der Waals surface area contributed by atoms with Gasteiger partial charge in [-0.3, -0.25) is 19.9 Å². The van der Waals surface area contributed by atoms with Crippen LogP contribution >= 0.6 is 0 Å². The number of nitrogens with zero attached hydrogens (tertiary/aromatic N) is 5. The molecule has 2 aromatic heterocycles. The third-order valence-corrected chi connectivity index (χ3v) is 5.06. The number of aromatic nitrogens is 3. The van der Waals surface area contributed by atoms with Gasteiger partial charge in [0.1, 0.15) is 0 Å². The van der Waals surface area contributed by atoms with E-state index >= 15 is 0 Å². The van der Waals surface area contributed by atoms with Crippen molar-refractivity contribution in [1.29, 1.82) is 0 Å². The number of benzene rings is 2. The van der Waals surface area contributed by atoms with Crippen LogP contribution in [0.4, 0.5) is 5.69 Å². The number of hydrogen-bond donors (Lipinski definition) is 0. The molecule has 160 valence electrons. The Morgan fingerprint density at radius 3 is 2.41 bits per heavy atom. The topological polar surface area (TPSA) is 94.2 Å². The van der Waals surface area contributed by atoms with Crippen LogP contribution in [-0.4, -0.2) is 37.5 Å². The van der Waals surface area contributed by atoms with Crippen LogP contribution in [-0.2, 0) is 17.8 Å². The molecule has 8 nitrogen and oxygen atoms in total. The van der Waals surface area contributed by atoms with E-state index < -0.39 is 4.92 Å². The molecule has 0 radical (unpaired) electrons. The van der Waals surface area contributed by atoms with Crippen molar-refractivity contribution >= 4 is 11.6 Å². The normalized spacial score (nSPS) is 10.7. The molecule has 8 heteroatoms. The van der Waals surface area contributed by atoms with E-state index in [2.05, 4.69) is 10.1 Å². The largest absolute Gasteiger partial charge is 0.340 e.